The Morgan fingerprint density at radius 1 is 1.18 bits per heavy atom. The highest BCUT2D eigenvalue weighted by Crippen LogP contribution is 2.41. The molecule has 2 N–H and O–H groups in total. The first kappa shape index (κ1) is 18.8. The van der Waals surface area contributed by atoms with E-state index in [0.717, 1.165) is 16.0 Å². The average molecular weight is 418 g/mol. The smallest absolute Gasteiger partial charge is 0.325 e. The van der Waals surface area contributed by atoms with Gasteiger partial charge >= 0.3 is 6.03 Å². The van der Waals surface area contributed by atoms with Crippen LogP contribution in [0.4, 0.5) is 4.79 Å². The summed E-state index contributed by atoms with van der Waals surface area (Å²) in [5.41, 5.74) is 1.48. The number of benzene rings is 2. The second kappa shape index (κ2) is 7.11. The van der Waals surface area contributed by atoms with Gasteiger partial charge in [-0.25, -0.2) is 4.79 Å². The maximum atomic E-state index is 13.0. The summed E-state index contributed by atoms with van der Waals surface area (Å²) in [7, 11) is 0. The van der Waals surface area contributed by atoms with Crippen molar-refractivity contribution in [1.29, 1.82) is 0 Å². The highest BCUT2D eigenvalue weighted by molar-refractivity contribution is 6.35. The molecule has 0 aromatic heterocycles. The van der Waals surface area contributed by atoms with E-state index in [9.17, 15) is 14.4 Å². The molecule has 4 rings (SSSR count). The fraction of sp³-hybridized carbons (Fsp3) is 0.250. The van der Waals surface area contributed by atoms with Crippen molar-refractivity contribution < 1.29 is 14.4 Å². The third-order valence-electron chi connectivity index (χ3n) is 5.22. The third-order valence-corrected chi connectivity index (χ3v) is 5.80. The summed E-state index contributed by atoms with van der Waals surface area (Å²) in [6.07, 6.45) is 1.20. The number of carbonyl (C=O) groups is 3. The number of nitrogens with one attached hydrogen (secondary N) is 2. The zero-order chi connectivity index (χ0) is 19.9. The van der Waals surface area contributed by atoms with Crippen LogP contribution in [0.2, 0.25) is 10.0 Å². The third kappa shape index (κ3) is 3.12. The van der Waals surface area contributed by atoms with Gasteiger partial charge in [0.25, 0.3) is 5.91 Å². The van der Waals surface area contributed by atoms with E-state index in [2.05, 4.69) is 10.6 Å². The van der Waals surface area contributed by atoms with Crippen molar-refractivity contribution >= 4 is 41.0 Å². The highest BCUT2D eigenvalue weighted by atomic mass is 35.5. The minimum absolute atomic E-state index is 0.173. The first-order valence-corrected chi connectivity index (χ1v) is 9.59. The van der Waals surface area contributed by atoms with Crippen LogP contribution < -0.4 is 10.6 Å². The monoisotopic (exact) mass is 417 g/mol. The minimum atomic E-state index is -1.06. The number of hydrogen-bond acceptors (Lipinski definition) is 3. The number of nitrogens with zero attached hydrogens (tertiary/aromatic N) is 1. The van der Waals surface area contributed by atoms with E-state index in [1.165, 1.54) is 0 Å². The molecule has 28 heavy (non-hydrogen) atoms. The zero-order valence-electron chi connectivity index (χ0n) is 14.8. The molecule has 8 heteroatoms. The molecule has 1 atom stereocenters. The molecule has 2 aromatic carbocycles. The second-order valence-electron chi connectivity index (χ2n) is 6.90. The number of hydrogen-bond donors (Lipinski definition) is 2. The maximum Gasteiger partial charge on any atom is 0.325 e. The van der Waals surface area contributed by atoms with E-state index in [1.807, 2.05) is 24.3 Å². The molecular weight excluding hydrogens is 401 g/mol. The van der Waals surface area contributed by atoms with E-state index in [1.54, 1.807) is 18.2 Å². The Bertz CT molecular complexity index is 994. The lowest BCUT2D eigenvalue weighted by Crippen LogP contribution is -2.43. The van der Waals surface area contributed by atoms with Crippen LogP contribution >= 0.6 is 23.2 Å². The normalized spacial score (nSPS) is 20.4. The SMILES string of the molecule is O=C(CN1C(=O)N[C@@]2(CCc3ccccc32)C1=O)NCc1ccc(Cl)cc1Cl. The number of fused-ring (bicyclic) bond motifs is 2. The quantitative estimate of drug-likeness (QED) is 0.750. The first-order valence-electron chi connectivity index (χ1n) is 8.84. The van der Waals surface area contributed by atoms with Gasteiger partial charge in [0.1, 0.15) is 12.1 Å². The number of urea groups is 1. The first-order chi connectivity index (χ1) is 13.4. The molecule has 4 amide bonds. The topological polar surface area (TPSA) is 78.5 Å². The summed E-state index contributed by atoms with van der Waals surface area (Å²) in [6.45, 7) is -0.174. The number of rotatable bonds is 4. The zero-order valence-corrected chi connectivity index (χ0v) is 16.3. The van der Waals surface area contributed by atoms with Gasteiger partial charge in [-0.2, -0.15) is 0 Å². The van der Waals surface area contributed by atoms with Crippen molar-refractivity contribution in [2.45, 2.75) is 24.9 Å². The summed E-state index contributed by atoms with van der Waals surface area (Å²) in [5, 5.41) is 6.42. The molecule has 1 heterocycles. The molecule has 2 aromatic rings. The molecule has 0 bridgehead atoms. The van der Waals surface area contributed by atoms with E-state index < -0.39 is 17.5 Å². The molecule has 1 fully saturated rings. The molecule has 1 spiro atoms. The van der Waals surface area contributed by atoms with Crippen LogP contribution in [0.25, 0.3) is 0 Å². The lowest BCUT2D eigenvalue weighted by Gasteiger charge is -2.22. The molecule has 0 radical (unpaired) electrons. The summed E-state index contributed by atoms with van der Waals surface area (Å²) in [6, 6.07) is 12.0. The molecule has 1 aliphatic heterocycles. The molecular formula is C20H17Cl2N3O3. The van der Waals surface area contributed by atoms with Crippen LogP contribution in [-0.2, 0) is 28.1 Å². The molecule has 0 saturated carbocycles. The second-order valence-corrected chi connectivity index (χ2v) is 7.74. The van der Waals surface area contributed by atoms with Gasteiger partial charge in [0.2, 0.25) is 5.91 Å². The predicted molar refractivity (Wildman–Crippen MR) is 105 cm³/mol. The Hall–Kier alpha value is -2.57. The lowest BCUT2D eigenvalue weighted by atomic mass is 9.92. The lowest BCUT2D eigenvalue weighted by molar-refractivity contribution is -0.135. The number of aryl methyl sites for hydroxylation is 1. The van der Waals surface area contributed by atoms with Gasteiger partial charge in [-0.05, 0) is 41.7 Å². The molecule has 0 unspecified atom stereocenters. The van der Waals surface area contributed by atoms with Gasteiger partial charge in [-0.15, -0.1) is 0 Å². The van der Waals surface area contributed by atoms with Crippen molar-refractivity contribution in [3.63, 3.8) is 0 Å². The Morgan fingerprint density at radius 3 is 2.75 bits per heavy atom. The summed E-state index contributed by atoms with van der Waals surface area (Å²) in [5.74, 6) is -0.833. The summed E-state index contributed by atoms with van der Waals surface area (Å²) in [4.78, 5) is 38.8. The average Bonchev–Trinajstić information content (AvgIpc) is 3.15. The number of halogens is 2. The highest BCUT2D eigenvalue weighted by Gasteiger charge is 2.55. The molecule has 1 aliphatic carbocycles. The summed E-state index contributed by atoms with van der Waals surface area (Å²) >= 11 is 12.0. The Balaban J connectivity index is 1.45. The largest absolute Gasteiger partial charge is 0.350 e. The van der Waals surface area contributed by atoms with Crippen LogP contribution in [0.3, 0.4) is 0 Å². The number of carbonyl (C=O) groups excluding carboxylic acids is 3. The minimum Gasteiger partial charge on any atom is -0.350 e. The standard InChI is InChI=1S/C20H17Cl2N3O3/c21-14-6-5-13(16(22)9-14)10-23-17(26)11-25-18(27)20(24-19(25)28)8-7-12-3-1-2-4-15(12)20/h1-6,9H,7-8,10-11H2,(H,23,26)(H,24,28)/t20-/m1/s1. The van der Waals surface area contributed by atoms with Crippen LogP contribution in [0.15, 0.2) is 42.5 Å². The van der Waals surface area contributed by atoms with Crippen LogP contribution in [0.1, 0.15) is 23.1 Å². The Kier molecular flexibility index (Phi) is 4.77. The number of amides is 4. The Labute approximate surface area is 171 Å². The van der Waals surface area contributed by atoms with Crippen molar-refractivity contribution in [2.75, 3.05) is 6.54 Å². The van der Waals surface area contributed by atoms with Crippen LogP contribution in [0.5, 0.6) is 0 Å². The van der Waals surface area contributed by atoms with Gasteiger partial charge in [0, 0.05) is 16.6 Å². The Morgan fingerprint density at radius 2 is 1.96 bits per heavy atom. The van der Waals surface area contributed by atoms with E-state index in [4.69, 9.17) is 23.2 Å². The maximum absolute atomic E-state index is 13.0. The fourth-order valence-corrected chi connectivity index (χ4v) is 4.27. The van der Waals surface area contributed by atoms with E-state index in [0.29, 0.717) is 28.5 Å². The van der Waals surface area contributed by atoms with Crippen molar-refractivity contribution in [3.05, 3.63) is 69.2 Å². The van der Waals surface area contributed by atoms with E-state index in [-0.39, 0.29) is 19.0 Å². The van der Waals surface area contributed by atoms with Gasteiger partial charge in [-0.1, -0.05) is 53.5 Å². The predicted octanol–water partition coefficient (Wildman–Crippen LogP) is 3.00. The van der Waals surface area contributed by atoms with Crippen molar-refractivity contribution in [3.8, 4) is 0 Å². The molecule has 1 saturated heterocycles. The molecule has 6 nitrogen and oxygen atoms in total. The van der Waals surface area contributed by atoms with Crippen molar-refractivity contribution in [2.24, 2.45) is 0 Å². The fourth-order valence-electron chi connectivity index (χ4n) is 3.79. The van der Waals surface area contributed by atoms with Crippen LogP contribution in [0, 0.1) is 0 Å². The van der Waals surface area contributed by atoms with Gasteiger partial charge < -0.3 is 10.6 Å². The molecule has 144 valence electrons. The van der Waals surface area contributed by atoms with Gasteiger partial charge in [0.05, 0.1) is 0 Å². The molecule has 2 aliphatic rings. The van der Waals surface area contributed by atoms with E-state index >= 15 is 0 Å². The number of imide groups is 1. The van der Waals surface area contributed by atoms with Crippen molar-refractivity contribution in [1.82, 2.24) is 15.5 Å². The van der Waals surface area contributed by atoms with Crippen LogP contribution in [-0.4, -0.2) is 29.3 Å². The van der Waals surface area contributed by atoms with Gasteiger partial charge in [-0.3, -0.25) is 14.5 Å². The summed E-state index contributed by atoms with van der Waals surface area (Å²) < 4.78 is 0. The van der Waals surface area contributed by atoms with Gasteiger partial charge in [0.15, 0.2) is 0 Å².